The molecule has 2 rings (SSSR count). The van der Waals surface area contributed by atoms with Crippen molar-refractivity contribution in [2.24, 2.45) is 0 Å². The Kier molecular flexibility index (Phi) is 5.06. The molecule has 1 heterocycles. The first kappa shape index (κ1) is 11.2. The van der Waals surface area contributed by atoms with Crippen LogP contribution in [0.4, 0.5) is 0 Å². The summed E-state index contributed by atoms with van der Waals surface area (Å²) in [5.74, 6) is 0. The molecular weight excluding hydrogens is 268 g/mol. The lowest BCUT2D eigenvalue weighted by Gasteiger charge is -2.02. The Bertz CT molecular complexity index is 308. The van der Waals surface area contributed by atoms with Gasteiger partial charge in [0.2, 0.25) is 0 Å². The zero-order valence-corrected chi connectivity index (χ0v) is 11.3. The van der Waals surface area contributed by atoms with Crippen molar-refractivity contribution in [3.05, 3.63) is 46.2 Å². The Labute approximate surface area is 103 Å². The average molecular weight is 276 g/mol. The molecule has 0 aliphatic carbocycles. The fraction of sp³-hybridized carbons (Fsp3) is 0.111. The summed E-state index contributed by atoms with van der Waals surface area (Å²) in [5, 5.41) is 2.26. The quantitative estimate of drug-likeness (QED) is 0.660. The van der Waals surface area contributed by atoms with Gasteiger partial charge in [-0.25, -0.2) is 0 Å². The van der Waals surface area contributed by atoms with E-state index in [2.05, 4.69) is 35.7 Å². The van der Waals surface area contributed by atoms with Gasteiger partial charge in [0.15, 0.2) is 0 Å². The topological polar surface area (TPSA) is 0 Å². The average Bonchev–Trinajstić information content (AvgIpc) is 2.48. The molecule has 0 aromatic heterocycles. The largest absolute Gasteiger partial charge is 0.0622 e. The lowest BCUT2D eigenvalue weighted by Crippen LogP contribution is -1.83. The maximum atomic E-state index is 2.26. The molecule has 0 spiro atoms. The first-order valence-electron chi connectivity index (χ1n) is 4.01. The third-order valence-corrected chi connectivity index (χ3v) is 9.92. The summed E-state index contributed by atoms with van der Waals surface area (Å²) in [6.45, 7) is 0. The van der Waals surface area contributed by atoms with Crippen LogP contribution in [0.2, 0.25) is 0 Å². The molecule has 1 aliphatic rings. The van der Waals surface area contributed by atoms with Gasteiger partial charge in [0.05, 0.1) is 0 Å². The number of benzene rings is 1. The second kappa shape index (κ2) is 6.33. The second-order valence-corrected chi connectivity index (χ2v) is 10.1. The molecule has 0 fully saturated rings. The van der Waals surface area contributed by atoms with Crippen LogP contribution in [-0.4, -0.2) is 0 Å². The lowest BCUT2D eigenvalue weighted by atomic mass is 10.1. The fourth-order valence-electron chi connectivity index (χ4n) is 1.05. The molecule has 74 valence electrons. The number of allylic oxidation sites excluding steroid dienone is 1. The van der Waals surface area contributed by atoms with Crippen LogP contribution in [0.15, 0.2) is 40.6 Å². The number of hydrogen-bond acceptors (Lipinski definition) is 5. The summed E-state index contributed by atoms with van der Waals surface area (Å²) in [4.78, 5) is 1.45. The van der Waals surface area contributed by atoms with Crippen molar-refractivity contribution >= 4 is 51.1 Å². The van der Waals surface area contributed by atoms with Gasteiger partial charge in [-0.1, -0.05) is 41.1 Å². The molecular formula is C9H8S5. The van der Waals surface area contributed by atoms with E-state index in [9.17, 15) is 0 Å². The van der Waals surface area contributed by atoms with Crippen LogP contribution in [0.1, 0.15) is 5.56 Å². The molecule has 0 N–H and O–H groups in total. The molecule has 0 radical (unpaired) electrons. The maximum Gasteiger partial charge on any atom is 0.00822 e. The summed E-state index contributed by atoms with van der Waals surface area (Å²) in [6, 6.07) is 10.6. The van der Waals surface area contributed by atoms with Crippen LogP contribution in [0.5, 0.6) is 0 Å². The van der Waals surface area contributed by atoms with Crippen molar-refractivity contribution < 1.29 is 0 Å². The summed E-state index contributed by atoms with van der Waals surface area (Å²) in [7, 11) is 9.21. The first-order valence-corrected chi connectivity index (χ1v) is 10.2. The van der Waals surface area contributed by atoms with Crippen molar-refractivity contribution in [3.63, 3.8) is 0 Å². The van der Waals surface area contributed by atoms with Gasteiger partial charge in [0.25, 0.3) is 0 Å². The molecule has 0 atom stereocenters. The van der Waals surface area contributed by atoms with Gasteiger partial charge in [-0.05, 0) is 51.2 Å². The highest BCUT2D eigenvalue weighted by Gasteiger charge is 2.06. The van der Waals surface area contributed by atoms with Crippen molar-refractivity contribution in [3.8, 4) is 0 Å². The molecule has 14 heavy (non-hydrogen) atoms. The number of rotatable bonds is 2. The second-order valence-electron chi connectivity index (χ2n) is 2.63. The van der Waals surface area contributed by atoms with E-state index < -0.39 is 0 Å². The summed E-state index contributed by atoms with van der Waals surface area (Å²) < 4.78 is 0. The van der Waals surface area contributed by atoms with Crippen molar-refractivity contribution in [1.29, 1.82) is 0 Å². The molecule has 0 saturated heterocycles. The SMILES string of the molecule is C1=C(Cc2ccccc2)SSSSS1. The van der Waals surface area contributed by atoms with Gasteiger partial charge < -0.3 is 0 Å². The first-order chi connectivity index (χ1) is 6.95. The molecule has 0 bridgehead atoms. The Balaban J connectivity index is 1.99. The molecule has 1 aliphatic heterocycles. The van der Waals surface area contributed by atoms with E-state index in [4.69, 9.17) is 0 Å². The van der Waals surface area contributed by atoms with Crippen molar-refractivity contribution in [2.75, 3.05) is 0 Å². The Morgan fingerprint density at radius 2 is 1.79 bits per heavy atom. The minimum atomic E-state index is 1.06. The highest BCUT2D eigenvalue weighted by Crippen LogP contribution is 2.55. The molecule has 1 aromatic carbocycles. The van der Waals surface area contributed by atoms with Gasteiger partial charge in [-0.3, -0.25) is 0 Å². The molecule has 5 heteroatoms. The fourth-order valence-corrected chi connectivity index (χ4v) is 9.61. The highest BCUT2D eigenvalue weighted by molar-refractivity contribution is 9.36. The molecule has 1 aromatic rings. The van der Waals surface area contributed by atoms with Crippen LogP contribution >= 0.6 is 51.1 Å². The summed E-state index contributed by atoms with van der Waals surface area (Å²) >= 11 is 0. The van der Waals surface area contributed by atoms with E-state index in [1.54, 1.807) is 0 Å². The summed E-state index contributed by atoms with van der Waals surface area (Å²) in [6.07, 6.45) is 1.06. The van der Waals surface area contributed by atoms with Crippen LogP contribution < -0.4 is 0 Å². The van der Waals surface area contributed by atoms with Gasteiger partial charge in [-0.2, -0.15) is 0 Å². The van der Waals surface area contributed by atoms with Gasteiger partial charge in [-0.15, -0.1) is 0 Å². The van der Waals surface area contributed by atoms with E-state index in [1.165, 1.54) is 10.5 Å². The molecule has 0 unspecified atom stereocenters. The Hall–Kier alpha value is 0.710. The van der Waals surface area contributed by atoms with Crippen LogP contribution in [0.25, 0.3) is 0 Å². The van der Waals surface area contributed by atoms with Crippen LogP contribution in [0.3, 0.4) is 0 Å². The van der Waals surface area contributed by atoms with E-state index >= 15 is 0 Å². The monoisotopic (exact) mass is 276 g/mol. The number of hydrogen-bond donors (Lipinski definition) is 0. The van der Waals surface area contributed by atoms with E-state index in [1.807, 2.05) is 51.1 Å². The van der Waals surface area contributed by atoms with E-state index in [0.717, 1.165) is 6.42 Å². The third kappa shape index (κ3) is 3.70. The van der Waals surface area contributed by atoms with Crippen molar-refractivity contribution in [1.82, 2.24) is 0 Å². The predicted octanol–water partition coefficient (Wildman–Crippen LogP) is 5.41. The predicted molar refractivity (Wildman–Crippen MR) is 76.2 cm³/mol. The molecule has 0 amide bonds. The smallest absolute Gasteiger partial charge is 0.00822 e. The van der Waals surface area contributed by atoms with Gasteiger partial charge >= 0.3 is 0 Å². The van der Waals surface area contributed by atoms with Gasteiger partial charge in [0, 0.05) is 11.3 Å². The standard InChI is InChI=1S/C9H8S5/c1-2-4-8(5-3-1)6-9-7-10-12-14-13-11-9/h1-5,7H,6H2. The van der Waals surface area contributed by atoms with E-state index in [-0.39, 0.29) is 0 Å². The third-order valence-electron chi connectivity index (χ3n) is 1.64. The summed E-state index contributed by atoms with van der Waals surface area (Å²) in [5.41, 5.74) is 1.39. The maximum absolute atomic E-state index is 2.26. The van der Waals surface area contributed by atoms with Gasteiger partial charge in [0.1, 0.15) is 0 Å². The zero-order chi connectivity index (χ0) is 9.64. The minimum Gasteiger partial charge on any atom is -0.0622 e. The highest BCUT2D eigenvalue weighted by atomic mass is 33.8. The molecule has 0 saturated carbocycles. The van der Waals surface area contributed by atoms with Crippen LogP contribution in [0, 0.1) is 0 Å². The lowest BCUT2D eigenvalue weighted by molar-refractivity contribution is 1.26. The zero-order valence-electron chi connectivity index (χ0n) is 7.21. The minimum absolute atomic E-state index is 1.06. The molecule has 0 nitrogen and oxygen atoms in total. The van der Waals surface area contributed by atoms with E-state index in [0.29, 0.717) is 0 Å². The van der Waals surface area contributed by atoms with Crippen LogP contribution in [-0.2, 0) is 6.42 Å². The van der Waals surface area contributed by atoms with Crippen molar-refractivity contribution in [2.45, 2.75) is 6.42 Å². The normalized spacial score (nSPS) is 17.3. The Morgan fingerprint density at radius 1 is 0.929 bits per heavy atom. The Morgan fingerprint density at radius 3 is 2.64 bits per heavy atom.